The third kappa shape index (κ3) is 3.60. The Balaban J connectivity index is 1.52. The Morgan fingerprint density at radius 2 is 2.11 bits per heavy atom. The first-order chi connectivity index (χ1) is 9.22. The van der Waals surface area contributed by atoms with Gasteiger partial charge in [0.25, 0.3) is 0 Å². The van der Waals surface area contributed by atoms with Gasteiger partial charge in [-0.3, -0.25) is 14.7 Å². The van der Waals surface area contributed by atoms with E-state index < -0.39 is 5.82 Å². The van der Waals surface area contributed by atoms with Crippen LogP contribution in [0, 0.1) is 11.7 Å². The van der Waals surface area contributed by atoms with Gasteiger partial charge in [0, 0.05) is 25.6 Å². The van der Waals surface area contributed by atoms with Crippen molar-refractivity contribution in [1.82, 2.24) is 9.88 Å². The number of aromatic nitrogens is 1. The third-order valence-corrected chi connectivity index (χ3v) is 3.89. The summed E-state index contributed by atoms with van der Waals surface area (Å²) in [7, 11) is 0. The number of Topliss-reactive ketones (excluding diaryl/α,β-unsaturated/α-hetero) is 1. The van der Waals surface area contributed by atoms with Gasteiger partial charge in [0.1, 0.15) is 11.5 Å². The van der Waals surface area contributed by atoms with E-state index in [1.807, 2.05) is 0 Å². The van der Waals surface area contributed by atoms with Gasteiger partial charge in [-0.2, -0.15) is 0 Å². The molecule has 1 aromatic heterocycles. The van der Waals surface area contributed by atoms with Crippen molar-refractivity contribution in [2.75, 3.05) is 13.1 Å². The van der Waals surface area contributed by atoms with E-state index >= 15 is 0 Å². The number of pyridine rings is 1. The zero-order chi connectivity index (χ0) is 13.2. The maximum atomic E-state index is 12.7. The number of nitrogens with zero attached hydrogens (tertiary/aromatic N) is 2. The van der Waals surface area contributed by atoms with E-state index in [0.29, 0.717) is 18.2 Å². The summed E-state index contributed by atoms with van der Waals surface area (Å²) in [6.07, 6.45) is 6.83. The van der Waals surface area contributed by atoms with Crippen LogP contribution in [0.1, 0.15) is 42.6 Å². The fraction of sp³-hybridized carbons (Fsp3) is 0.600. The Hall–Kier alpha value is -1.29. The first-order valence-electron chi connectivity index (χ1n) is 7.11. The molecule has 102 valence electrons. The number of carbonyl (C=O) groups is 1. The second kappa shape index (κ2) is 5.37. The Bertz CT molecular complexity index is 452. The third-order valence-electron chi connectivity index (χ3n) is 3.89. The number of rotatable bonds is 7. The summed E-state index contributed by atoms with van der Waals surface area (Å²) in [5.41, 5.74) is 0.378. The lowest BCUT2D eigenvalue weighted by atomic mass is 10.2. The van der Waals surface area contributed by atoms with Gasteiger partial charge in [0.2, 0.25) is 0 Å². The van der Waals surface area contributed by atoms with Crippen LogP contribution in [0.2, 0.25) is 0 Å². The van der Waals surface area contributed by atoms with Crippen LogP contribution < -0.4 is 0 Å². The van der Waals surface area contributed by atoms with Gasteiger partial charge in [-0.25, -0.2) is 4.39 Å². The van der Waals surface area contributed by atoms with Crippen LogP contribution in [0.25, 0.3) is 0 Å². The summed E-state index contributed by atoms with van der Waals surface area (Å²) in [4.78, 5) is 18.3. The van der Waals surface area contributed by atoms with E-state index in [2.05, 4.69) is 9.88 Å². The normalized spacial score (nSPS) is 18.8. The quantitative estimate of drug-likeness (QED) is 0.708. The van der Waals surface area contributed by atoms with Crippen LogP contribution in [0.15, 0.2) is 18.3 Å². The van der Waals surface area contributed by atoms with Gasteiger partial charge in [-0.1, -0.05) is 0 Å². The first kappa shape index (κ1) is 12.7. The summed E-state index contributed by atoms with van der Waals surface area (Å²) in [5, 5.41) is 0. The molecule has 0 saturated heterocycles. The van der Waals surface area contributed by atoms with Crippen molar-refractivity contribution >= 4 is 5.78 Å². The average Bonchev–Trinajstić information content (AvgIpc) is 3.27. The van der Waals surface area contributed by atoms with Crippen LogP contribution in [-0.4, -0.2) is 34.8 Å². The number of carbonyl (C=O) groups excluding carboxylic acids is 1. The minimum absolute atomic E-state index is 0.0152. The summed E-state index contributed by atoms with van der Waals surface area (Å²) < 4.78 is 12.7. The van der Waals surface area contributed by atoms with Crippen LogP contribution in [0.3, 0.4) is 0 Å². The highest BCUT2D eigenvalue weighted by atomic mass is 19.1. The maximum absolute atomic E-state index is 12.7. The van der Waals surface area contributed by atoms with E-state index in [9.17, 15) is 9.18 Å². The number of ketones is 1. The summed E-state index contributed by atoms with van der Waals surface area (Å²) in [6.45, 7) is 1.97. The van der Waals surface area contributed by atoms with E-state index in [1.54, 1.807) is 0 Å². The molecule has 1 heterocycles. The van der Waals surface area contributed by atoms with Crippen LogP contribution in [0.4, 0.5) is 4.39 Å². The van der Waals surface area contributed by atoms with Crippen molar-refractivity contribution in [2.45, 2.75) is 38.1 Å². The van der Waals surface area contributed by atoms with Crippen LogP contribution in [-0.2, 0) is 0 Å². The van der Waals surface area contributed by atoms with Crippen molar-refractivity contribution in [3.63, 3.8) is 0 Å². The zero-order valence-electron chi connectivity index (χ0n) is 11.0. The molecule has 2 fully saturated rings. The summed E-state index contributed by atoms with van der Waals surface area (Å²) in [6, 6.07) is 3.47. The lowest BCUT2D eigenvalue weighted by molar-refractivity contribution is 0.0956. The Labute approximate surface area is 112 Å². The van der Waals surface area contributed by atoms with Gasteiger partial charge >= 0.3 is 0 Å². The molecule has 2 aliphatic rings. The molecule has 0 aromatic carbocycles. The Morgan fingerprint density at radius 1 is 1.32 bits per heavy atom. The molecule has 0 radical (unpaired) electrons. The molecular weight excluding hydrogens is 243 g/mol. The number of halogens is 1. The van der Waals surface area contributed by atoms with E-state index in [1.165, 1.54) is 37.8 Å². The van der Waals surface area contributed by atoms with Gasteiger partial charge < -0.3 is 0 Å². The number of hydrogen-bond donors (Lipinski definition) is 0. The van der Waals surface area contributed by atoms with Crippen molar-refractivity contribution in [3.05, 3.63) is 29.8 Å². The second-order valence-electron chi connectivity index (χ2n) is 5.70. The van der Waals surface area contributed by atoms with Gasteiger partial charge in [0.15, 0.2) is 5.78 Å². The minimum Gasteiger partial charge on any atom is -0.300 e. The summed E-state index contributed by atoms with van der Waals surface area (Å²) >= 11 is 0. The van der Waals surface area contributed by atoms with E-state index in [4.69, 9.17) is 0 Å². The molecule has 3 nitrogen and oxygen atoms in total. The highest BCUT2D eigenvalue weighted by molar-refractivity contribution is 5.94. The highest BCUT2D eigenvalue weighted by Crippen LogP contribution is 2.34. The standard InChI is InChI=1S/C15H19FN2O/c16-12-3-6-14(17-9-12)15(19)7-8-18(13-4-5-13)10-11-1-2-11/h3,6,9,11,13H,1-2,4-5,7-8,10H2. The fourth-order valence-corrected chi connectivity index (χ4v) is 2.41. The predicted molar refractivity (Wildman–Crippen MR) is 70.5 cm³/mol. The van der Waals surface area contributed by atoms with Gasteiger partial charge in [-0.15, -0.1) is 0 Å². The fourth-order valence-electron chi connectivity index (χ4n) is 2.41. The summed E-state index contributed by atoms with van der Waals surface area (Å²) in [5.74, 6) is 0.478. The zero-order valence-corrected chi connectivity index (χ0v) is 11.0. The van der Waals surface area contributed by atoms with Crippen LogP contribution in [0.5, 0.6) is 0 Å². The Morgan fingerprint density at radius 3 is 2.68 bits per heavy atom. The average molecular weight is 262 g/mol. The van der Waals surface area contributed by atoms with Crippen molar-refractivity contribution in [3.8, 4) is 0 Å². The molecule has 0 aliphatic heterocycles. The van der Waals surface area contributed by atoms with Crippen molar-refractivity contribution in [2.24, 2.45) is 5.92 Å². The first-order valence-corrected chi connectivity index (χ1v) is 7.11. The Kier molecular flexibility index (Phi) is 3.60. The molecule has 3 rings (SSSR count). The molecule has 0 atom stereocenters. The topological polar surface area (TPSA) is 33.2 Å². The molecule has 19 heavy (non-hydrogen) atoms. The largest absolute Gasteiger partial charge is 0.300 e. The van der Waals surface area contributed by atoms with E-state index in [-0.39, 0.29) is 5.78 Å². The van der Waals surface area contributed by atoms with Crippen molar-refractivity contribution in [1.29, 1.82) is 0 Å². The second-order valence-corrected chi connectivity index (χ2v) is 5.70. The molecule has 0 unspecified atom stereocenters. The molecular formula is C15H19FN2O. The molecule has 2 aliphatic carbocycles. The maximum Gasteiger partial charge on any atom is 0.182 e. The monoisotopic (exact) mass is 262 g/mol. The molecule has 2 saturated carbocycles. The van der Waals surface area contributed by atoms with E-state index in [0.717, 1.165) is 25.2 Å². The van der Waals surface area contributed by atoms with Crippen molar-refractivity contribution < 1.29 is 9.18 Å². The lowest BCUT2D eigenvalue weighted by Gasteiger charge is -2.21. The lowest BCUT2D eigenvalue weighted by Crippen LogP contribution is -2.30. The van der Waals surface area contributed by atoms with Gasteiger partial charge in [-0.05, 0) is 43.7 Å². The predicted octanol–water partition coefficient (Wildman–Crippen LogP) is 2.67. The SMILES string of the molecule is O=C(CCN(CC1CC1)C1CC1)c1ccc(F)cn1. The van der Waals surface area contributed by atoms with Gasteiger partial charge in [0.05, 0.1) is 6.20 Å². The molecule has 0 amide bonds. The van der Waals surface area contributed by atoms with Crippen LogP contribution >= 0.6 is 0 Å². The molecule has 0 spiro atoms. The molecule has 0 bridgehead atoms. The molecule has 1 aromatic rings. The highest BCUT2D eigenvalue weighted by Gasteiger charge is 2.33. The molecule has 0 N–H and O–H groups in total. The molecule has 4 heteroatoms. The number of hydrogen-bond acceptors (Lipinski definition) is 3. The smallest absolute Gasteiger partial charge is 0.182 e. The minimum atomic E-state index is -0.398.